The second-order valence-corrected chi connectivity index (χ2v) is 6.26. The summed E-state index contributed by atoms with van der Waals surface area (Å²) in [4.78, 5) is 12.8. The van der Waals surface area contributed by atoms with Gasteiger partial charge in [-0.1, -0.05) is 28.1 Å². The third-order valence-electron chi connectivity index (χ3n) is 3.25. The second kappa shape index (κ2) is 6.62. The van der Waals surface area contributed by atoms with Crippen molar-refractivity contribution < 1.29 is 9.18 Å². The first-order chi connectivity index (χ1) is 9.88. The van der Waals surface area contributed by atoms with Gasteiger partial charge in [-0.05, 0) is 49.2 Å². The minimum atomic E-state index is -0.288. The monoisotopic (exact) mass is 367 g/mol. The highest BCUT2D eigenvalue weighted by molar-refractivity contribution is 9.10. The third-order valence-corrected chi connectivity index (χ3v) is 4.11. The Morgan fingerprint density at radius 2 is 2.00 bits per heavy atom. The van der Waals surface area contributed by atoms with E-state index in [1.165, 1.54) is 6.07 Å². The molecule has 0 fully saturated rings. The van der Waals surface area contributed by atoms with E-state index in [0.29, 0.717) is 16.0 Å². The lowest BCUT2D eigenvalue weighted by Crippen LogP contribution is -2.27. The van der Waals surface area contributed by atoms with Crippen molar-refractivity contribution in [3.05, 3.63) is 63.4 Å². The van der Waals surface area contributed by atoms with E-state index in [0.717, 1.165) is 10.0 Å². The Morgan fingerprint density at radius 1 is 1.29 bits per heavy atom. The molecule has 0 aliphatic carbocycles. The molecule has 5 heteroatoms. The van der Waals surface area contributed by atoms with Crippen molar-refractivity contribution in [1.29, 1.82) is 0 Å². The van der Waals surface area contributed by atoms with Gasteiger partial charge in [0.1, 0.15) is 5.82 Å². The molecule has 1 atom stereocenters. The maximum Gasteiger partial charge on any atom is 0.252 e. The Balaban J connectivity index is 2.16. The number of carbonyl (C=O) groups is 1. The first-order valence-corrected chi connectivity index (χ1v) is 7.68. The van der Waals surface area contributed by atoms with Crippen LogP contribution in [0.1, 0.15) is 34.5 Å². The van der Waals surface area contributed by atoms with Crippen LogP contribution in [0.25, 0.3) is 0 Å². The van der Waals surface area contributed by atoms with Crippen molar-refractivity contribution in [2.75, 3.05) is 0 Å². The third kappa shape index (κ3) is 3.86. The van der Waals surface area contributed by atoms with Crippen molar-refractivity contribution in [3.63, 3.8) is 0 Å². The summed E-state index contributed by atoms with van der Waals surface area (Å²) < 4.78 is 14.4. The van der Waals surface area contributed by atoms with Gasteiger partial charge in [-0.25, -0.2) is 4.39 Å². The van der Waals surface area contributed by atoms with Crippen molar-refractivity contribution in [1.82, 2.24) is 5.32 Å². The molecule has 0 radical (unpaired) electrons. The summed E-state index contributed by atoms with van der Waals surface area (Å²) in [7, 11) is 0. The smallest absolute Gasteiger partial charge is 0.252 e. The summed E-state index contributed by atoms with van der Waals surface area (Å²) in [5, 5.41) is 2.85. The van der Waals surface area contributed by atoms with Gasteiger partial charge in [0, 0.05) is 9.37 Å². The number of carbonyl (C=O) groups excluding carboxylic acids is 1. The zero-order chi connectivity index (χ0) is 15.6. The standard InChI is InChI=1S/C16H15BrFNOS/c1-9-3-4-11(7-14(9)18)10(2)19-16(20)13-6-5-12(17)8-15(13)21/h3-8,10,21H,1-2H3,(H,19,20). The lowest BCUT2D eigenvalue weighted by Gasteiger charge is -2.16. The zero-order valence-corrected chi connectivity index (χ0v) is 14.1. The molecule has 2 aromatic carbocycles. The highest BCUT2D eigenvalue weighted by Gasteiger charge is 2.14. The van der Waals surface area contributed by atoms with Crippen LogP contribution in [-0.2, 0) is 0 Å². The molecule has 0 aliphatic rings. The molecule has 1 amide bonds. The number of halogens is 2. The van der Waals surface area contributed by atoms with Gasteiger partial charge in [0.05, 0.1) is 11.6 Å². The van der Waals surface area contributed by atoms with Gasteiger partial charge >= 0.3 is 0 Å². The fourth-order valence-corrected chi connectivity index (χ4v) is 2.79. The molecular weight excluding hydrogens is 353 g/mol. The van der Waals surface area contributed by atoms with E-state index >= 15 is 0 Å². The Hall–Kier alpha value is -1.33. The Morgan fingerprint density at radius 3 is 2.62 bits per heavy atom. The molecule has 0 aliphatic heterocycles. The SMILES string of the molecule is Cc1ccc(C(C)NC(=O)c2ccc(Br)cc2S)cc1F. The number of rotatable bonds is 3. The lowest BCUT2D eigenvalue weighted by atomic mass is 10.1. The molecular formula is C16H15BrFNOS. The summed E-state index contributed by atoms with van der Waals surface area (Å²) in [5.41, 5.74) is 1.80. The average Bonchev–Trinajstić information content (AvgIpc) is 2.41. The minimum Gasteiger partial charge on any atom is -0.345 e. The van der Waals surface area contributed by atoms with E-state index in [1.54, 1.807) is 31.2 Å². The Kier molecular flexibility index (Phi) is 5.06. The predicted molar refractivity (Wildman–Crippen MR) is 88.4 cm³/mol. The predicted octanol–water partition coefficient (Wildman–Crippen LogP) is 4.68. The maximum absolute atomic E-state index is 13.6. The maximum atomic E-state index is 13.6. The molecule has 2 aromatic rings. The van der Waals surface area contributed by atoms with E-state index in [-0.39, 0.29) is 17.8 Å². The number of hydrogen-bond acceptors (Lipinski definition) is 2. The molecule has 0 bridgehead atoms. The van der Waals surface area contributed by atoms with E-state index in [9.17, 15) is 9.18 Å². The van der Waals surface area contributed by atoms with Crippen LogP contribution in [0.3, 0.4) is 0 Å². The van der Waals surface area contributed by atoms with Crippen molar-refractivity contribution in [2.24, 2.45) is 0 Å². The van der Waals surface area contributed by atoms with Crippen molar-refractivity contribution >= 4 is 34.5 Å². The van der Waals surface area contributed by atoms with Crippen LogP contribution in [0.2, 0.25) is 0 Å². The summed E-state index contributed by atoms with van der Waals surface area (Å²) in [6.07, 6.45) is 0. The van der Waals surface area contributed by atoms with E-state index in [2.05, 4.69) is 33.9 Å². The number of benzene rings is 2. The zero-order valence-electron chi connectivity index (χ0n) is 11.7. The molecule has 2 rings (SSSR count). The summed E-state index contributed by atoms with van der Waals surface area (Å²) in [5.74, 6) is -0.506. The van der Waals surface area contributed by atoms with Crippen LogP contribution in [0, 0.1) is 12.7 Å². The largest absolute Gasteiger partial charge is 0.345 e. The van der Waals surface area contributed by atoms with Gasteiger partial charge in [-0.3, -0.25) is 4.79 Å². The number of aryl methyl sites for hydroxylation is 1. The Labute approximate surface area is 137 Å². The topological polar surface area (TPSA) is 29.1 Å². The van der Waals surface area contributed by atoms with Crippen LogP contribution in [0.4, 0.5) is 4.39 Å². The summed E-state index contributed by atoms with van der Waals surface area (Å²) in [6, 6.07) is 9.92. The number of thiol groups is 1. The second-order valence-electron chi connectivity index (χ2n) is 4.87. The molecule has 2 nitrogen and oxygen atoms in total. The average molecular weight is 368 g/mol. The van der Waals surface area contributed by atoms with Crippen LogP contribution in [0.15, 0.2) is 45.8 Å². The van der Waals surface area contributed by atoms with Crippen LogP contribution in [-0.4, -0.2) is 5.91 Å². The number of nitrogens with one attached hydrogen (secondary N) is 1. The van der Waals surface area contributed by atoms with Crippen molar-refractivity contribution in [3.8, 4) is 0 Å². The van der Waals surface area contributed by atoms with Gasteiger partial charge in [0.2, 0.25) is 0 Å². The van der Waals surface area contributed by atoms with E-state index in [1.807, 2.05) is 13.0 Å². The fourth-order valence-electron chi connectivity index (χ4n) is 1.93. The van der Waals surface area contributed by atoms with Gasteiger partial charge in [0.25, 0.3) is 5.91 Å². The van der Waals surface area contributed by atoms with Crippen LogP contribution >= 0.6 is 28.6 Å². The van der Waals surface area contributed by atoms with Gasteiger partial charge < -0.3 is 5.32 Å². The Bertz CT molecular complexity index is 690. The van der Waals surface area contributed by atoms with Gasteiger partial charge in [-0.15, -0.1) is 12.6 Å². The fraction of sp³-hybridized carbons (Fsp3) is 0.188. The molecule has 0 heterocycles. The van der Waals surface area contributed by atoms with E-state index < -0.39 is 0 Å². The van der Waals surface area contributed by atoms with Gasteiger partial charge in [-0.2, -0.15) is 0 Å². The summed E-state index contributed by atoms with van der Waals surface area (Å²) >= 11 is 7.62. The number of amides is 1. The quantitative estimate of drug-likeness (QED) is 0.757. The highest BCUT2D eigenvalue weighted by atomic mass is 79.9. The van der Waals surface area contributed by atoms with Gasteiger partial charge in [0.15, 0.2) is 0 Å². The molecule has 1 N–H and O–H groups in total. The minimum absolute atomic E-state index is 0.235. The first-order valence-electron chi connectivity index (χ1n) is 6.44. The molecule has 0 aromatic heterocycles. The molecule has 1 unspecified atom stereocenters. The van der Waals surface area contributed by atoms with Crippen LogP contribution < -0.4 is 5.32 Å². The summed E-state index contributed by atoms with van der Waals surface area (Å²) in [6.45, 7) is 3.52. The number of hydrogen-bond donors (Lipinski definition) is 2. The highest BCUT2D eigenvalue weighted by Crippen LogP contribution is 2.21. The van der Waals surface area contributed by atoms with E-state index in [4.69, 9.17) is 0 Å². The molecule has 0 saturated carbocycles. The first kappa shape index (κ1) is 16.0. The lowest BCUT2D eigenvalue weighted by molar-refractivity contribution is 0.0937. The molecule has 0 spiro atoms. The van der Waals surface area contributed by atoms with Crippen molar-refractivity contribution in [2.45, 2.75) is 24.8 Å². The molecule has 21 heavy (non-hydrogen) atoms. The molecule has 0 saturated heterocycles. The normalized spacial score (nSPS) is 12.0. The van der Waals surface area contributed by atoms with Crippen LogP contribution in [0.5, 0.6) is 0 Å². The molecule has 110 valence electrons.